The molecule has 2 heteroatoms. The zero-order chi connectivity index (χ0) is 9.84. The van der Waals surface area contributed by atoms with Crippen LogP contribution in [0.3, 0.4) is 0 Å². The highest BCUT2D eigenvalue weighted by molar-refractivity contribution is 5.29. The van der Waals surface area contributed by atoms with Gasteiger partial charge in [0.05, 0.1) is 0 Å². The first-order chi connectivity index (χ1) is 6.19. The summed E-state index contributed by atoms with van der Waals surface area (Å²) < 4.78 is 12.8. The van der Waals surface area contributed by atoms with E-state index in [1.54, 1.807) is 6.07 Å². The van der Waals surface area contributed by atoms with Gasteiger partial charge >= 0.3 is 0 Å². The minimum Gasteiger partial charge on any atom is -0.396 e. The van der Waals surface area contributed by atoms with E-state index in [1.807, 2.05) is 13.8 Å². The van der Waals surface area contributed by atoms with Crippen molar-refractivity contribution >= 4 is 0 Å². The first kappa shape index (κ1) is 10.2. The van der Waals surface area contributed by atoms with E-state index < -0.39 is 0 Å². The number of aliphatic hydroxyl groups is 1. The molecule has 0 aromatic heterocycles. The first-order valence-corrected chi connectivity index (χ1v) is 4.56. The highest BCUT2D eigenvalue weighted by Crippen LogP contribution is 2.22. The Balaban J connectivity index is 2.99. The van der Waals surface area contributed by atoms with Gasteiger partial charge in [0, 0.05) is 12.5 Å². The van der Waals surface area contributed by atoms with E-state index in [9.17, 15) is 4.39 Å². The van der Waals surface area contributed by atoms with Crippen molar-refractivity contribution in [1.29, 1.82) is 0 Å². The summed E-state index contributed by atoms with van der Waals surface area (Å²) in [7, 11) is 0. The van der Waals surface area contributed by atoms with E-state index in [2.05, 4.69) is 0 Å². The second kappa shape index (κ2) is 4.38. The van der Waals surface area contributed by atoms with Crippen LogP contribution in [0.5, 0.6) is 0 Å². The lowest BCUT2D eigenvalue weighted by atomic mass is 9.93. The van der Waals surface area contributed by atoms with Crippen molar-refractivity contribution in [3.05, 3.63) is 35.1 Å². The van der Waals surface area contributed by atoms with Crippen LogP contribution >= 0.6 is 0 Å². The summed E-state index contributed by atoms with van der Waals surface area (Å²) in [4.78, 5) is 0. The lowest BCUT2D eigenvalue weighted by molar-refractivity contribution is 0.262. The Morgan fingerprint density at radius 1 is 1.46 bits per heavy atom. The van der Waals surface area contributed by atoms with Crippen LogP contribution in [-0.2, 0) is 0 Å². The number of hydrogen-bond donors (Lipinski definition) is 1. The summed E-state index contributed by atoms with van der Waals surface area (Å²) in [6.07, 6.45) is 0.878. The number of aryl methyl sites for hydroxylation is 1. The molecule has 13 heavy (non-hydrogen) atoms. The molecule has 0 aliphatic rings. The molecule has 0 saturated heterocycles. The molecule has 1 unspecified atom stereocenters. The molecule has 0 saturated carbocycles. The smallest absolute Gasteiger partial charge is 0.123 e. The molecule has 0 aliphatic carbocycles. The first-order valence-electron chi connectivity index (χ1n) is 4.56. The monoisotopic (exact) mass is 182 g/mol. The van der Waals surface area contributed by atoms with Gasteiger partial charge in [-0.2, -0.15) is 0 Å². The number of halogens is 1. The lowest BCUT2D eigenvalue weighted by Crippen LogP contribution is -2.04. The zero-order valence-corrected chi connectivity index (χ0v) is 8.05. The topological polar surface area (TPSA) is 20.2 Å². The third kappa shape index (κ3) is 2.28. The maximum atomic E-state index is 12.8. The average molecular weight is 182 g/mol. The molecule has 0 aliphatic heterocycles. The van der Waals surface area contributed by atoms with Crippen molar-refractivity contribution in [2.24, 2.45) is 0 Å². The van der Waals surface area contributed by atoms with Crippen LogP contribution in [0.15, 0.2) is 18.2 Å². The van der Waals surface area contributed by atoms with E-state index in [4.69, 9.17) is 5.11 Å². The van der Waals surface area contributed by atoms with Crippen LogP contribution in [0.1, 0.15) is 30.4 Å². The van der Waals surface area contributed by atoms with Crippen LogP contribution < -0.4 is 0 Å². The van der Waals surface area contributed by atoms with Gasteiger partial charge in [0.2, 0.25) is 0 Å². The van der Waals surface area contributed by atoms with Crippen LogP contribution in [-0.4, -0.2) is 11.7 Å². The van der Waals surface area contributed by atoms with Crippen molar-refractivity contribution < 1.29 is 9.50 Å². The summed E-state index contributed by atoms with van der Waals surface area (Å²) in [6, 6.07) is 4.71. The summed E-state index contributed by atoms with van der Waals surface area (Å²) in [5.41, 5.74) is 1.97. The fraction of sp³-hybridized carbons (Fsp3) is 0.455. The van der Waals surface area contributed by atoms with Gasteiger partial charge < -0.3 is 5.11 Å². The van der Waals surface area contributed by atoms with E-state index in [-0.39, 0.29) is 18.3 Å². The Labute approximate surface area is 78.2 Å². The molecule has 0 heterocycles. The normalized spacial score (nSPS) is 12.9. The molecule has 1 atom stereocenters. The average Bonchev–Trinajstić information content (AvgIpc) is 2.10. The largest absolute Gasteiger partial charge is 0.396 e. The van der Waals surface area contributed by atoms with Crippen molar-refractivity contribution in [3.63, 3.8) is 0 Å². The third-order valence-corrected chi connectivity index (χ3v) is 2.38. The Bertz CT molecular complexity index is 279. The van der Waals surface area contributed by atoms with Gasteiger partial charge in [0.1, 0.15) is 5.82 Å². The van der Waals surface area contributed by atoms with Gasteiger partial charge in [-0.1, -0.05) is 13.0 Å². The van der Waals surface area contributed by atoms with Gasteiger partial charge in [-0.05, 0) is 36.6 Å². The predicted molar refractivity (Wildman–Crippen MR) is 51.3 cm³/mol. The van der Waals surface area contributed by atoms with Crippen LogP contribution in [0, 0.1) is 12.7 Å². The Morgan fingerprint density at radius 3 is 2.62 bits per heavy atom. The number of aliphatic hydroxyl groups excluding tert-OH is 1. The molecule has 1 N–H and O–H groups in total. The fourth-order valence-electron chi connectivity index (χ4n) is 1.54. The maximum Gasteiger partial charge on any atom is 0.123 e. The van der Waals surface area contributed by atoms with Gasteiger partial charge in [-0.25, -0.2) is 4.39 Å². The Morgan fingerprint density at radius 2 is 2.15 bits per heavy atom. The number of benzene rings is 1. The molecule has 0 bridgehead atoms. The molecular weight excluding hydrogens is 167 g/mol. The highest BCUT2D eigenvalue weighted by Gasteiger charge is 2.10. The predicted octanol–water partition coefficient (Wildman–Crippen LogP) is 2.62. The minimum atomic E-state index is -0.214. The summed E-state index contributed by atoms with van der Waals surface area (Å²) in [5.74, 6) is -0.0744. The molecule has 1 nitrogen and oxygen atoms in total. The van der Waals surface area contributed by atoms with Gasteiger partial charge in [-0.15, -0.1) is 0 Å². The maximum absolute atomic E-state index is 12.8. The molecule has 0 radical (unpaired) electrons. The van der Waals surface area contributed by atoms with Crippen molar-refractivity contribution in [3.8, 4) is 0 Å². The van der Waals surface area contributed by atoms with Gasteiger partial charge in [0.15, 0.2) is 0 Å². The second-order valence-electron chi connectivity index (χ2n) is 3.29. The zero-order valence-electron chi connectivity index (χ0n) is 8.05. The van der Waals surface area contributed by atoms with Gasteiger partial charge in [0.25, 0.3) is 0 Å². The van der Waals surface area contributed by atoms with Crippen LogP contribution in [0.2, 0.25) is 0 Å². The van der Waals surface area contributed by atoms with Gasteiger partial charge in [-0.3, -0.25) is 0 Å². The standard InChI is InChI=1S/C11H15FO/c1-3-9(7-13)11-5-4-10(12)6-8(11)2/h4-6,9,13H,3,7H2,1-2H3. The quantitative estimate of drug-likeness (QED) is 0.761. The minimum absolute atomic E-state index is 0.128. The summed E-state index contributed by atoms with van der Waals surface area (Å²) >= 11 is 0. The van der Waals surface area contributed by atoms with Crippen LogP contribution in [0.25, 0.3) is 0 Å². The number of rotatable bonds is 3. The molecule has 1 aromatic rings. The molecule has 0 fully saturated rings. The van der Waals surface area contributed by atoms with Crippen LogP contribution in [0.4, 0.5) is 4.39 Å². The van der Waals surface area contributed by atoms with E-state index in [1.165, 1.54) is 12.1 Å². The van der Waals surface area contributed by atoms with Crippen molar-refractivity contribution in [2.75, 3.05) is 6.61 Å². The third-order valence-electron chi connectivity index (χ3n) is 2.38. The highest BCUT2D eigenvalue weighted by atomic mass is 19.1. The lowest BCUT2D eigenvalue weighted by Gasteiger charge is -2.14. The SMILES string of the molecule is CCC(CO)c1ccc(F)cc1C. The molecule has 1 aromatic carbocycles. The molecule has 1 rings (SSSR count). The van der Waals surface area contributed by atoms with Crippen molar-refractivity contribution in [1.82, 2.24) is 0 Å². The van der Waals surface area contributed by atoms with E-state index in [0.717, 1.165) is 17.5 Å². The van der Waals surface area contributed by atoms with Crippen molar-refractivity contribution in [2.45, 2.75) is 26.2 Å². The van der Waals surface area contributed by atoms with E-state index >= 15 is 0 Å². The van der Waals surface area contributed by atoms with E-state index in [0.29, 0.717) is 0 Å². The Hall–Kier alpha value is -0.890. The molecule has 72 valence electrons. The second-order valence-corrected chi connectivity index (χ2v) is 3.29. The summed E-state index contributed by atoms with van der Waals surface area (Å²) in [5, 5.41) is 9.08. The molecule has 0 spiro atoms. The molecular formula is C11H15FO. The Kier molecular flexibility index (Phi) is 3.43. The molecule has 0 amide bonds. The summed E-state index contributed by atoms with van der Waals surface area (Å²) in [6.45, 7) is 4.02. The fourth-order valence-corrected chi connectivity index (χ4v) is 1.54. The number of hydrogen-bond acceptors (Lipinski definition) is 1.